The Labute approximate surface area is 174 Å². The second-order valence-corrected chi connectivity index (χ2v) is 9.22. The summed E-state index contributed by atoms with van der Waals surface area (Å²) in [5.41, 5.74) is 1.58. The van der Waals surface area contributed by atoms with Crippen LogP contribution in [0, 0.1) is 6.92 Å². The molecule has 0 aromatic heterocycles. The zero-order valence-corrected chi connectivity index (χ0v) is 17.8. The van der Waals surface area contributed by atoms with Crippen molar-refractivity contribution in [3.8, 4) is 0 Å². The molecule has 0 radical (unpaired) electrons. The second kappa shape index (κ2) is 10.3. The zero-order chi connectivity index (χ0) is 19.3. The molecule has 3 rings (SSSR count). The second-order valence-electron chi connectivity index (χ2n) is 7.35. The lowest BCUT2D eigenvalue weighted by atomic mass is 10.1. The van der Waals surface area contributed by atoms with Gasteiger partial charge in [-0.1, -0.05) is 35.9 Å². The lowest BCUT2D eigenvalue weighted by Crippen LogP contribution is -3.14. The third-order valence-corrected chi connectivity index (χ3v) is 6.92. The van der Waals surface area contributed by atoms with Crippen molar-refractivity contribution in [1.29, 1.82) is 0 Å². The Morgan fingerprint density at radius 1 is 1.00 bits per heavy atom. The molecular weight excluding hydrogens is 396 g/mol. The molecule has 1 saturated heterocycles. The maximum atomic E-state index is 13.3. The minimum absolute atomic E-state index is 0. The maximum Gasteiger partial charge on any atom is 0.264 e. The Morgan fingerprint density at radius 3 is 2.21 bits per heavy atom. The van der Waals surface area contributed by atoms with Crippen molar-refractivity contribution in [1.82, 2.24) is 0 Å². The normalized spacial score (nSPS) is 16.2. The lowest BCUT2D eigenvalue weighted by Gasteiger charge is -2.30. The number of aryl methyl sites for hydroxylation is 1. The van der Waals surface area contributed by atoms with Gasteiger partial charge in [0.2, 0.25) is 0 Å². The molecule has 0 amide bonds. The average molecular weight is 425 g/mol. The molecular formula is C21H29ClN2O3S. The third kappa shape index (κ3) is 5.70. The third-order valence-electron chi connectivity index (χ3n) is 5.11. The Morgan fingerprint density at radius 2 is 1.61 bits per heavy atom. The van der Waals surface area contributed by atoms with E-state index in [0.717, 1.165) is 18.7 Å². The highest BCUT2D eigenvalue weighted by Crippen LogP contribution is 2.24. The topological polar surface area (TPSA) is 62.0 Å². The van der Waals surface area contributed by atoms with Crippen molar-refractivity contribution < 1.29 is 30.8 Å². The lowest BCUT2D eigenvalue weighted by molar-refractivity contribution is -0.907. The highest BCUT2D eigenvalue weighted by atomic mass is 35.5. The Bertz CT molecular complexity index is 822. The number of sulfonamides is 1. The molecule has 1 atom stereocenters. The van der Waals surface area contributed by atoms with Crippen LogP contribution in [0.2, 0.25) is 0 Å². The highest BCUT2D eigenvalue weighted by molar-refractivity contribution is 7.92. The number of likely N-dealkylation sites (tertiary alicyclic amines) is 1. The van der Waals surface area contributed by atoms with Crippen molar-refractivity contribution in [2.45, 2.75) is 37.2 Å². The van der Waals surface area contributed by atoms with Crippen molar-refractivity contribution in [2.24, 2.45) is 0 Å². The molecule has 0 spiro atoms. The first-order valence-corrected chi connectivity index (χ1v) is 11.1. The summed E-state index contributed by atoms with van der Waals surface area (Å²) in [5, 5.41) is 10.7. The molecule has 2 aromatic carbocycles. The molecule has 2 aromatic rings. The summed E-state index contributed by atoms with van der Waals surface area (Å²) in [4.78, 5) is 1.60. The van der Waals surface area contributed by atoms with Gasteiger partial charge in [0.1, 0.15) is 12.6 Å². The van der Waals surface area contributed by atoms with Crippen LogP contribution in [0.25, 0.3) is 0 Å². The minimum Gasteiger partial charge on any atom is -1.00 e. The van der Waals surface area contributed by atoms with Crippen molar-refractivity contribution >= 4 is 15.7 Å². The molecule has 7 heteroatoms. The van der Waals surface area contributed by atoms with Gasteiger partial charge in [0.15, 0.2) is 0 Å². The van der Waals surface area contributed by atoms with Crippen LogP contribution in [0.1, 0.15) is 24.8 Å². The predicted octanol–water partition coefficient (Wildman–Crippen LogP) is -1.38. The number of rotatable bonds is 7. The van der Waals surface area contributed by atoms with Gasteiger partial charge in [0, 0.05) is 0 Å². The van der Waals surface area contributed by atoms with E-state index in [1.165, 1.54) is 28.5 Å². The van der Waals surface area contributed by atoms with E-state index >= 15 is 0 Å². The number of aliphatic hydroxyl groups excluding tert-OH is 1. The number of hydrogen-bond acceptors (Lipinski definition) is 3. The first-order chi connectivity index (χ1) is 13.0. The van der Waals surface area contributed by atoms with E-state index in [-0.39, 0.29) is 23.8 Å². The van der Waals surface area contributed by atoms with E-state index in [0.29, 0.717) is 12.2 Å². The number of nitrogens with one attached hydrogen (secondary N) is 1. The van der Waals surface area contributed by atoms with E-state index in [1.54, 1.807) is 36.4 Å². The molecule has 28 heavy (non-hydrogen) atoms. The number of aliphatic hydroxyl groups is 1. The molecule has 5 nitrogen and oxygen atoms in total. The highest BCUT2D eigenvalue weighted by Gasteiger charge is 2.29. The molecule has 1 heterocycles. The number of nitrogens with zero attached hydrogens (tertiary/aromatic N) is 1. The Hall–Kier alpha value is -1.60. The van der Waals surface area contributed by atoms with Crippen LogP contribution in [0.5, 0.6) is 0 Å². The Kier molecular flexibility index (Phi) is 8.31. The number of para-hydroxylation sites is 1. The molecule has 2 N–H and O–H groups in total. The molecule has 1 aliphatic heterocycles. The summed E-state index contributed by atoms with van der Waals surface area (Å²) < 4.78 is 27.9. The molecule has 0 aliphatic carbocycles. The number of benzene rings is 2. The van der Waals surface area contributed by atoms with Gasteiger partial charge in [-0.15, -0.1) is 0 Å². The van der Waals surface area contributed by atoms with Gasteiger partial charge in [0.25, 0.3) is 10.0 Å². The van der Waals surface area contributed by atoms with Crippen LogP contribution in [0.3, 0.4) is 0 Å². The fourth-order valence-corrected chi connectivity index (χ4v) is 5.12. The fraction of sp³-hybridized carbons (Fsp3) is 0.429. The van der Waals surface area contributed by atoms with Gasteiger partial charge < -0.3 is 22.4 Å². The smallest absolute Gasteiger partial charge is 0.264 e. The van der Waals surface area contributed by atoms with Crippen LogP contribution in [-0.4, -0.2) is 45.8 Å². The summed E-state index contributed by atoms with van der Waals surface area (Å²) in [5.74, 6) is 0. The van der Waals surface area contributed by atoms with Gasteiger partial charge in [-0.25, -0.2) is 8.42 Å². The van der Waals surface area contributed by atoms with Crippen LogP contribution >= 0.6 is 0 Å². The number of halogens is 1. The van der Waals surface area contributed by atoms with Crippen molar-refractivity contribution in [3.05, 3.63) is 60.2 Å². The van der Waals surface area contributed by atoms with Crippen molar-refractivity contribution in [3.63, 3.8) is 0 Å². The van der Waals surface area contributed by atoms with Crippen LogP contribution in [0.4, 0.5) is 5.69 Å². The minimum atomic E-state index is -3.74. The zero-order valence-electron chi connectivity index (χ0n) is 16.2. The van der Waals surface area contributed by atoms with Gasteiger partial charge >= 0.3 is 0 Å². The van der Waals surface area contributed by atoms with Gasteiger partial charge in [0.05, 0.1) is 30.2 Å². The molecule has 0 bridgehead atoms. The van der Waals surface area contributed by atoms with E-state index in [2.05, 4.69) is 0 Å². The first-order valence-electron chi connectivity index (χ1n) is 9.63. The predicted molar refractivity (Wildman–Crippen MR) is 108 cm³/mol. The summed E-state index contributed by atoms with van der Waals surface area (Å²) in [6.45, 7) is 4.66. The summed E-state index contributed by atoms with van der Waals surface area (Å²) >= 11 is 0. The van der Waals surface area contributed by atoms with E-state index in [4.69, 9.17) is 0 Å². The quantitative estimate of drug-likeness (QED) is 0.576. The largest absolute Gasteiger partial charge is 1.00 e. The van der Waals surface area contributed by atoms with Gasteiger partial charge in [-0.3, -0.25) is 4.31 Å². The molecule has 1 unspecified atom stereocenters. The van der Waals surface area contributed by atoms with E-state index in [1.807, 2.05) is 25.1 Å². The standard InChI is InChI=1S/C21H28N2O3S.ClH/c1-18-10-12-21(13-11-18)27(25,26)23(19-8-4-2-5-9-19)17-20(24)16-22-14-6-3-7-15-22;/h2,4-5,8-13,20,24H,3,6-7,14-17H2,1H3;1H. The van der Waals surface area contributed by atoms with E-state index < -0.39 is 16.1 Å². The number of quaternary nitrogens is 1. The summed E-state index contributed by atoms with van der Waals surface area (Å²) in [6, 6.07) is 15.9. The van der Waals surface area contributed by atoms with Crippen LogP contribution in [-0.2, 0) is 10.0 Å². The summed E-state index contributed by atoms with van der Waals surface area (Å²) in [6.07, 6.45) is 2.88. The number of hydrogen-bond donors (Lipinski definition) is 2. The van der Waals surface area contributed by atoms with Crippen LogP contribution in [0.15, 0.2) is 59.5 Å². The molecule has 0 saturated carbocycles. The Balaban J connectivity index is 0.00000280. The fourth-order valence-electron chi connectivity index (χ4n) is 3.62. The summed E-state index contributed by atoms with van der Waals surface area (Å²) in [7, 11) is -3.74. The van der Waals surface area contributed by atoms with Crippen molar-refractivity contribution in [2.75, 3.05) is 30.5 Å². The molecule has 154 valence electrons. The van der Waals surface area contributed by atoms with Gasteiger partial charge in [-0.2, -0.15) is 0 Å². The molecule has 1 aliphatic rings. The SMILES string of the molecule is Cc1ccc(S(=O)(=O)N(CC(O)C[NH+]2CCCCC2)c2ccccc2)cc1.[Cl-]. The number of anilines is 1. The maximum absolute atomic E-state index is 13.3. The van der Waals surface area contributed by atoms with Crippen LogP contribution < -0.4 is 21.6 Å². The van der Waals surface area contributed by atoms with Gasteiger partial charge in [-0.05, 0) is 50.5 Å². The monoisotopic (exact) mass is 424 g/mol. The average Bonchev–Trinajstić information content (AvgIpc) is 2.68. The van der Waals surface area contributed by atoms with E-state index in [9.17, 15) is 13.5 Å². The molecule has 1 fully saturated rings. The number of piperidine rings is 1. The first kappa shape index (κ1) is 22.7.